The average molecular weight is 1010 g/mol. The number of benzene rings is 2. The quantitative estimate of drug-likeness (QED) is 0.0466. The lowest BCUT2D eigenvalue weighted by molar-refractivity contribution is -0.141. The van der Waals surface area contributed by atoms with E-state index in [4.69, 9.17) is 19.5 Å². The van der Waals surface area contributed by atoms with Gasteiger partial charge in [0.2, 0.25) is 0 Å². The predicted molar refractivity (Wildman–Crippen MR) is 231 cm³/mol. The number of carbonyl (C=O) groups excluding carboxylic acids is 3. The number of pyridine rings is 2. The number of aromatic hydroxyl groups is 2. The molecule has 2 amide bonds. The molecular weight excluding hydrogens is 958 g/mol. The Kier molecular flexibility index (Phi) is 23.9. The zero-order valence-corrected chi connectivity index (χ0v) is 36.4. The number of para-hydroxylation sites is 2. The monoisotopic (exact) mass is 1010 g/mol. The first-order valence-electron chi connectivity index (χ1n) is 17.9. The van der Waals surface area contributed by atoms with Crippen LogP contribution in [0.25, 0.3) is 21.8 Å². The van der Waals surface area contributed by atoms with Crippen LogP contribution in [0.5, 0.6) is 11.5 Å². The van der Waals surface area contributed by atoms with Crippen molar-refractivity contribution in [2.45, 2.75) is 60.3 Å². The zero-order valence-electron chi connectivity index (χ0n) is 32.1. The number of carboxylic acid groups (broad SMARTS) is 1. The second kappa shape index (κ2) is 27.1. The van der Waals surface area contributed by atoms with Gasteiger partial charge in [-0.2, -0.15) is 0 Å². The van der Waals surface area contributed by atoms with Gasteiger partial charge in [-0.25, -0.2) is 0 Å². The standard InChI is InChI=1S/C18H22N2O6.C16H18N2O6.2C2H5I/c1-3-5-10-26-20-13-9-7-6-8-12(13)16(22)15(18(20)24)17(23)19-11-14(21)25-4-2;1-2-3-8-24-18-11-7-5-4-6-10(11)14(21)13(16(18)23)15(22)17-9-12(19)20;2*1-2-3/h6-9,22H,3-5,10-11H2,1-2H3,(H,19,23);4-7,21H,2-3,8-9H2,1H3,(H,17,22)(H,19,20);2*2H2,1H3. The van der Waals surface area contributed by atoms with Gasteiger partial charge in [0.1, 0.15) is 37.8 Å². The van der Waals surface area contributed by atoms with E-state index < -0.39 is 70.6 Å². The number of nitrogens with one attached hydrogen (secondary N) is 2. The van der Waals surface area contributed by atoms with Crippen LogP contribution < -0.4 is 31.4 Å². The summed E-state index contributed by atoms with van der Waals surface area (Å²) in [6.45, 7) is 9.46. The maximum atomic E-state index is 12.7. The van der Waals surface area contributed by atoms with Crippen LogP contribution in [-0.4, -0.2) is 90.3 Å². The van der Waals surface area contributed by atoms with Gasteiger partial charge >= 0.3 is 11.9 Å². The normalized spacial score (nSPS) is 10.1. The third-order valence-corrected chi connectivity index (χ3v) is 7.02. The SMILES string of the molecule is CCCCOn1c(=O)c(C(=O)NCC(=O)O)c(O)c2ccccc21.CCCCOn1c(=O)c(C(=O)NCC(=O)OCC)c(O)c2ccccc21.CCI.CCI. The molecule has 308 valence electrons. The number of carbonyl (C=O) groups is 4. The maximum absolute atomic E-state index is 12.7. The Balaban J connectivity index is 0.000000492. The average Bonchev–Trinajstić information content (AvgIpc) is 3.17. The zero-order chi connectivity index (χ0) is 42.2. The molecule has 0 aliphatic carbocycles. The number of nitrogens with zero attached hydrogens (tertiary/aromatic N) is 2. The lowest BCUT2D eigenvalue weighted by Gasteiger charge is -2.15. The molecule has 2 aromatic carbocycles. The highest BCUT2D eigenvalue weighted by molar-refractivity contribution is 14.1. The van der Waals surface area contributed by atoms with Crippen LogP contribution in [0.4, 0.5) is 0 Å². The van der Waals surface area contributed by atoms with Crippen LogP contribution >= 0.6 is 45.2 Å². The van der Waals surface area contributed by atoms with E-state index in [1.165, 1.54) is 14.9 Å². The molecule has 0 aliphatic heterocycles. The molecule has 5 N–H and O–H groups in total. The molecule has 0 radical (unpaired) electrons. The minimum absolute atomic E-state index is 0.175. The number of amides is 2. The number of halogens is 2. The molecular formula is C38H50I2N4O12. The number of aliphatic carboxylic acids is 1. The smallest absolute Gasteiger partial charge is 0.325 e. The summed E-state index contributed by atoms with van der Waals surface area (Å²) in [6, 6.07) is 13.0. The number of hydrogen-bond acceptors (Lipinski definition) is 11. The van der Waals surface area contributed by atoms with Crippen molar-refractivity contribution in [3.05, 3.63) is 80.4 Å². The molecule has 0 atom stereocenters. The van der Waals surface area contributed by atoms with E-state index in [-0.39, 0.29) is 25.2 Å². The third-order valence-electron chi connectivity index (χ3n) is 7.02. The van der Waals surface area contributed by atoms with E-state index >= 15 is 0 Å². The summed E-state index contributed by atoms with van der Waals surface area (Å²) >= 11 is 4.58. The summed E-state index contributed by atoms with van der Waals surface area (Å²) in [5, 5.41) is 34.2. The summed E-state index contributed by atoms with van der Waals surface area (Å²) < 4.78 is 9.13. The van der Waals surface area contributed by atoms with Gasteiger partial charge in [-0.15, -0.1) is 9.46 Å². The molecule has 2 aromatic heterocycles. The molecule has 0 bridgehead atoms. The maximum Gasteiger partial charge on any atom is 0.325 e. The third kappa shape index (κ3) is 14.8. The Morgan fingerprint density at radius 3 is 1.39 bits per heavy atom. The summed E-state index contributed by atoms with van der Waals surface area (Å²) in [4.78, 5) is 82.7. The summed E-state index contributed by atoms with van der Waals surface area (Å²) in [5.74, 6) is -4.71. The number of ether oxygens (including phenoxy) is 1. The molecule has 0 fully saturated rings. The molecule has 56 heavy (non-hydrogen) atoms. The Bertz CT molecular complexity index is 2020. The molecule has 16 nitrogen and oxygen atoms in total. The van der Waals surface area contributed by atoms with E-state index in [1.807, 2.05) is 13.8 Å². The lowest BCUT2D eigenvalue weighted by atomic mass is 10.1. The van der Waals surface area contributed by atoms with Gasteiger partial charge in [-0.3, -0.25) is 28.8 Å². The number of unbranched alkanes of at least 4 members (excludes halogenated alkanes) is 2. The van der Waals surface area contributed by atoms with Crippen molar-refractivity contribution in [2.75, 3.05) is 41.8 Å². The Morgan fingerprint density at radius 1 is 0.661 bits per heavy atom. The predicted octanol–water partition coefficient (Wildman–Crippen LogP) is 4.86. The first kappa shape index (κ1) is 49.4. The molecule has 4 rings (SSSR count). The summed E-state index contributed by atoms with van der Waals surface area (Å²) in [6.07, 6.45) is 3.17. The van der Waals surface area contributed by atoms with Gasteiger partial charge in [0.25, 0.3) is 22.9 Å². The fraction of sp³-hybridized carbons (Fsp3) is 0.421. The van der Waals surface area contributed by atoms with Crippen LogP contribution in [0.15, 0.2) is 58.1 Å². The van der Waals surface area contributed by atoms with Gasteiger partial charge in [0.15, 0.2) is 11.1 Å². The van der Waals surface area contributed by atoms with Crippen molar-refractivity contribution in [1.82, 2.24) is 20.1 Å². The van der Waals surface area contributed by atoms with Gasteiger partial charge in [-0.1, -0.05) is 110 Å². The Labute approximate surface area is 351 Å². The number of esters is 1. The Morgan fingerprint density at radius 2 is 1.04 bits per heavy atom. The highest BCUT2D eigenvalue weighted by Gasteiger charge is 2.25. The van der Waals surface area contributed by atoms with Crippen molar-refractivity contribution in [2.24, 2.45) is 0 Å². The van der Waals surface area contributed by atoms with Crippen LogP contribution in [0.1, 0.15) is 81.0 Å². The van der Waals surface area contributed by atoms with Gasteiger partial charge < -0.3 is 40.4 Å². The minimum Gasteiger partial charge on any atom is -0.506 e. The van der Waals surface area contributed by atoms with Crippen LogP contribution in [0.2, 0.25) is 0 Å². The fourth-order valence-corrected chi connectivity index (χ4v) is 4.56. The molecule has 0 unspecified atom stereocenters. The van der Waals surface area contributed by atoms with E-state index in [9.17, 15) is 39.0 Å². The number of hydrogen-bond donors (Lipinski definition) is 5. The van der Waals surface area contributed by atoms with E-state index in [0.29, 0.717) is 22.8 Å². The number of fused-ring (bicyclic) bond motifs is 2. The van der Waals surface area contributed by atoms with Crippen LogP contribution in [0, 0.1) is 0 Å². The molecule has 18 heteroatoms. The molecule has 0 aliphatic rings. The van der Waals surface area contributed by atoms with Crippen molar-refractivity contribution >= 4 is 90.7 Å². The molecule has 0 saturated carbocycles. The van der Waals surface area contributed by atoms with Crippen molar-refractivity contribution in [3.8, 4) is 11.5 Å². The van der Waals surface area contributed by atoms with Crippen LogP contribution in [-0.2, 0) is 14.3 Å². The summed E-state index contributed by atoms with van der Waals surface area (Å²) in [5.41, 5.74) is -1.99. The molecule has 0 spiro atoms. The topological polar surface area (TPSA) is 225 Å². The Hall–Kier alpha value is -4.60. The first-order valence-corrected chi connectivity index (χ1v) is 20.9. The molecule has 4 aromatic rings. The van der Waals surface area contributed by atoms with Gasteiger partial charge in [-0.05, 0) is 52.9 Å². The second-order valence-corrected chi connectivity index (χ2v) is 14.2. The van der Waals surface area contributed by atoms with E-state index in [0.717, 1.165) is 28.7 Å². The van der Waals surface area contributed by atoms with E-state index in [1.54, 1.807) is 49.4 Å². The lowest BCUT2D eigenvalue weighted by Crippen LogP contribution is -2.38. The highest BCUT2D eigenvalue weighted by atomic mass is 127. The molecule has 2 heterocycles. The minimum atomic E-state index is -1.26. The summed E-state index contributed by atoms with van der Waals surface area (Å²) in [7, 11) is 0. The van der Waals surface area contributed by atoms with Crippen molar-refractivity contribution in [3.63, 3.8) is 0 Å². The molecule has 0 saturated heterocycles. The van der Waals surface area contributed by atoms with E-state index in [2.05, 4.69) is 69.7 Å². The number of rotatable bonds is 15. The highest BCUT2D eigenvalue weighted by Crippen LogP contribution is 2.27. The first-order chi connectivity index (χ1) is 26.8. The van der Waals surface area contributed by atoms with Gasteiger partial charge in [0, 0.05) is 10.8 Å². The largest absolute Gasteiger partial charge is 0.506 e. The fourth-order valence-electron chi connectivity index (χ4n) is 4.56. The number of aromatic nitrogens is 2. The van der Waals surface area contributed by atoms with Gasteiger partial charge in [0.05, 0.1) is 17.6 Å². The van der Waals surface area contributed by atoms with Crippen molar-refractivity contribution < 1.29 is 48.9 Å². The van der Waals surface area contributed by atoms with Crippen molar-refractivity contribution in [1.29, 1.82) is 0 Å². The second-order valence-electron chi connectivity index (χ2n) is 11.2. The number of carboxylic acids is 1. The number of alkyl halides is 2. The van der Waals surface area contributed by atoms with Crippen LogP contribution in [0.3, 0.4) is 0 Å².